The number of nitrogens with zero attached hydrogens (tertiary/aromatic N) is 2. The van der Waals surface area contributed by atoms with E-state index in [2.05, 4.69) is 36.0 Å². The van der Waals surface area contributed by atoms with Gasteiger partial charge in [-0.1, -0.05) is 13.8 Å². The minimum atomic E-state index is 0.626. The van der Waals surface area contributed by atoms with E-state index in [1.807, 2.05) is 12.3 Å². The molecule has 1 N–H and O–H groups in total. The summed E-state index contributed by atoms with van der Waals surface area (Å²) in [5.74, 6) is 0.681. The van der Waals surface area contributed by atoms with Gasteiger partial charge in [0.2, 0.25) is 0 Å². The van der Waals surface area contributed by atoms with Gasteiger partial charge < -0.3 is 14.6 Å². The van der Waals surface area contributed by atoms with E-state index in [1.54, 1.807) is 6.26 Å². The number of piperazine rings is 1. The summed E-state index contributed by atoms with van der Waals surface area (Å²) < 4.78 is 5.09. The van der Waals surface area contributed by atoms with E-state index < -0.39 is 0 Å². The maximum absolute atomic E-state index is 5.09. The summed E-state index contributed by atoms with van der Waals surface area (Å²) in [6.45, 7) is 11.3. The molecule has 0 spiro atoms. The molecule has 0 saturated carbocycles. The van der Waals surface area contributed by atoms with E-state index in [-0.39, 0.29) is 0 Å². The van der Waals surface area contributed by atoms with Crippen LogP contribution in [0.5, 0.6) is 0 Å². The van der Waals surface area contributed by atoms with Crippen LogP contribution in [0.15, 0.2) is 23.0 Å². The molecule has 1 atom stereocenters. The van der Waals surface area contributed by atoms with Crippen LogP contribution in [0.1, 0.15) is 19.4 Å². The van der Waals surface area contributed by atoms with Gasteiger partial charge >= 0.3 is 0 Å². The minimum absolute atomic E-state index is 0.626. The van der Waals surface area contributed by atoms with Crippen LogP contribution < -0.4 is 5.32 Å². The smallest absolute Gasteiger partial charge is 0.0947 e. The number of nitrogens with one attached hydrogen (secondary N) is 1. The quantitative estimate of drug-likeness (QED) is 0.847. The Hall–Kier alpha value is -0.840. The first-order chi connectivity index (χ1) is 9.16. The summed E-state index contributed by atoms with van der Waals surface area (Å²) in [4.78, 5) is 5.04. The van der Waals surface area contributed by atoms with Gasteiger partial charge in [-0.25, -0.2) is 0 Å². The number of hydrogen-bond donors (Lipinski definition) is 1. The highest BCUT2D eigenvalue weighted by atomic mass is 16.3. The minimum Gasteiger partial charge on any atom is -0.472 e. The number of rotatable bonds is 6. The van der Waals surface area contributed by atoms with Gasteiger partial charge in [0.1, 0.15) is 0 Å². The Bertz CT molecular complexity index is 342. The van der Waals surface area contributed by atoms with E-state index in [9.17, 15) is 0 Å². The molecule has 0 radical (unpaired) electrons. The summed E-state index contributed by atoms with van der Waals surface area (Å²) in [6, 6.07) is 2.65. The van der Waals surface area contributed by atoms with Gasteiger partial charge in [-0.2, -0.15) is 0 Å². The van der Waals surface area contributed by atoms with E-state index >= 15 is 0 Å². The molecule has 1 fully saturated rings. The molecule has 0 aliphatic carbocycles. The molecule has 2 rings (SSSR count). The second-order valence-corrected chi connectivity index (χ2v) is 5.91. The van der Waals surface area contributed by atoms with Crippen molar-refractivity contribution in [3.05, 3.63) is 24.2 Å². The fraction of sp³-hybridized carbons (Fsp3) is 0.733. The summed E-state index contributed by atoms with van der Waals surface area (Å²) in [6.07, 6.45) is 3.55. The second kappa shape index (κ2) is 7.08. The molecule has 1 aliphatic heterocycles. The Kier molecular flexibility index (Phi) is 5.43. The topological polar surface area (TPSA) is 31.7 Å². The Morgan fingerprint density at radius 2 is 2.00 bits per heavy atom. The summed E-state index contributed by atoms with van der Waals surface area (Å²) in [5.41, 5.74) is 1.22. The standard InChI is InChI=1S/C15H27N3O/c1-13(2)15(18-7-5-17(3)6-8-18)11-16-10-14-4-9-19-12-14/h4,9,12-13,15-16H,5-8,10-11H2,1-3H3. The largest absolute Gasteiger partial charge is 0.472 e. The molecule has 1 unspecified atom stereocenters. The van der Waals surface area contributed by atoms with Gasteiger partial charge in [0.25, 0.3) is 0 Å². The van der Waals surface area contributed by atoms with Gasteiger partial charge in [0.05, 0.1) is 12.5 Å². The van der Waals surface area contributed by atoms with Crippen molar-refractivity contribution < 1.29 is 4.42 Å². The molecular formula is C15H27N3O. The van der Waals surface area contributed by atoms with Crippen LogP contribution in [0.25, 0.3) is 0 Å². The monoisotopic (exact) mass is 265 g/mol. The van der Waals surface area contributed by atoms with Gasteiger partial charge in [0, 0.05) is 50.9 Å². The van der Waals surface area contributed by atoms with E-state index in [4.69, 9.17) is 4.42 Å². The molecule has 0 bridgehead atoms. The number of likely N-dealkylation sites (N-methyl/N-ethyl adjacent to an activating group) is 1. The first kappa shape index (κ1) is 14.6. The Morgan fingerprint density at radius 3 is 2.58 bits per heavy atom. The zero-order chi connectivity index (χ0) is 13.7. The predicted molar refractivity (Wildman–Crippen MR) is 78.1 cm³/mol. The Balaban J connectivity index is 1.79. The van der Waals surface area contributed by atoms with E-state index in [1.165, 1.54) is 31.7 Å². The Morgan fingerprint density at radius 1 is 1.26 bits per heavy atom. The molecular weight excluding hydrogens is 238 g/mol. The lowest BCUT2D eigenvalue weighted by Gasteiger charge is -2.40. The van der Waals surface area contributed by atoms with Gasteiger partial charge in [-0.3, -0.25) is 4.90 Å². The lowest BCUT2D eigenvalue weighted by atomic mass is 10.0. The maximum Gasteiger partial charge on any atom is 0.0947 e. The first-order valence-electron chi connectivity index (χ1n) is 7.31. The molecule has 19 heavy (non-hydrogen) atoms. The predicted octanol–water partition coefficient (Wildman–Crippen LogP) is 1.64. The molecule has 1 aromatic heterocycles. The fourth-order valence-corrected chi connectivity index (χ4v) is 2.70. The zero-order valence-electron chi connectivity index (χ0n) is 12.4. The molecule has 108 valence electrons. The highest BCUT2D eigenvalue weighted by Gasteiger charge is 2.24. The highest BCUT2D eigenvalue weighted by molar-refractivity contribution is 5.04. The third-order valence-electron chi connectivity index (χ3n) is 4.04. The van der Waals surface area contributed by atoms with Crippen molar-refractivity contribution >= 4 is 0 Å². The molecule has 1 aromatic rings. The van der Waals surface area contributed by atoms with Crippen molar-refractivity contribution in [2.24, 2.45) is 5.92 Å². The normalized spacial score (nSPS) is 20.0. The van der Waals surface area contributed by atoms with Gasteiger partial charge in [-0.05, 0) is 19.0 Å². The SMILES string of the molecule is CC(C)C(CNCc1ccoc1)N1CCN(C)CC1. The van der Waals surface area contributed by atoms with Crippen LogP contribution in [0, 0.1) is 5.92 Å². The maximum atomic E-state index is 5.09. The average molecular weight is 265 g/mol. The third-order valence-corrected chi connectivity index (χ3v) is 4.04. The molecule has 1 saturated heterocycles. The number of hydrogen-bond acceptors (Lipinski definition) is 4. The number of furan rings is 1. The molecule has 2 heterocycles. The van der Waals surface area contributed by atoms with Crippen LogP contribution >= 0.6 is 0 Å². The average Bonchev–Trinajstić information content (AvgIpc) is 2.89. The van der Waals surface area contributed by atoms with Crippen molar-refractivity contribution in [2.45, 2.75) is 26.4 Å². The van der Waals surface area contributed by atoms with Crippen molar-refractivity contribution in [1.82, 2.24) is 15.1 Å². The van der Waals surface area contributed by atoms with Crippen LogP contribution in [-0.4, -0.2) is 55.6 Å². The van der Waals surface area contributed by atoms with Crippen molar-refractivity contribution in [3.8, 4) is 0 Å². The molecule has 4 heteroatoms. The zero-order valence-corrected chi connectivity index (χ0v) is 12.4. The van der Waals surface area contributed by atoms with Crippen molar-refractivity contribution in [1.29, 1.82) is 0 Å². The molecule has 0 amide bonds. The van der Waals surface area contributed by atoms with Gasteiger partial charge in [0.15, 0.2) is 0 Å². The molecule has 0 aromatic carbocycles. The fourth-order valence-electron chi connectivity index (χ4n) is 2.70. The first-order valence-corrected chi connectivity index (χ1v) is 7.31. The van der Waals surface area contributed by atoms with Crippen molar-refractivity contribution in [3.63, 3.8) is 0 Å². The Labute approximate surface area is 116 Å². The summed E-state index contributed by atoms with van der Waals surface area (Å²) in [5, 5.41) is 3.56. The van der Waals surface area contributed by atoms with Crippen molar-refractivity contribution in [2.75, 3.05) is 39.8 Å². The van der Waals surface area contributed by atoms with E-state index in [0.717, 1.165) is 13.1 Å². The lowest BCUT2D eigenvalue weighted by Crippen LogP contribution is -2.53. The lowest BCUT2D eigenvalue weighted by molar-refractivity contribution is 0.0875. The van der Waals surface area contributed by atoms with Crippen LogP contribution in [-0.2, 0) is 6.54 Å². The molecule has 1 aliphatic rings. The van der Waals surface area contributed by atoms with Gasteiger partial charge in [-0.15, -0.1) is 0 Å². The molecule has 4 nitrogen and oxygen atoms in total. The summed E-state index contributed by atoms with van der Waals surface area (Å²) in [7, 11) is 2.21. The highest BCUT2D eigenvalue weighted by Crippen LogP contribution is 2.13. The summed E-state index contributed by atoms with van der Waals surface area (Å²) >= 11 is 0. The van der Waals surface area contributed by atoms with Crippen LogP contribution in [0.3, 0.4) is 0 Å². The van der Waals surface area contributed by atoms with Crippen LogP contribution in [0.4, 0.5) is 0 Å². The van der Waals surface area contributed by atoms with Crippen LogP contribution in [0.2, 0.25) is 0 Å². The third kappa shape index (κ3) is 4.34. The second-order valence-electron chi connectivity index (χ2n) is 5.91. The van der Waals surface area contributed by atoms with E-state index in [0.29, 0.717) is 12.0 Å².